The van der Waals surface area contributed by atoms with E-state index in [0.717, 1.165) is 42.9 Å². The van der Waals surface area contributed by atoms with E-state index < -0.39 is 0 Å². The molecule has 0 radical (unpaired) electrons. The molecule has 24 heavy (non-hydrogen) atoms. The Morgan fingerprint density at radius 3 is 2.75 bits per heavy atom. The van der Waals surface area contributed by atoms with Gasteiger partial charge in [-0.15, -0.1) is 0 Å². The summed E-state index contributed by atoms with van der Waals surface area (Å²) < 4.78 is 2.22. The van der Waals surface area contributed by atoms with Crippen LogP contribution in [0.1, 0.15) is 47.1 Å². The average molecular weight is 325 g/mol. The number of nitrogens with zero attached hydrogens (tertiary/aromatic N) is 1. The van der Waals surface area contributed by atoms with Gasteiger partial charge in [-0.2, -0.15) is 0 Å². The second kappa shape index (κ2) is 7.22. The minimum absolute atomic E-state index is 0.0444. The molecule has 1 aliphatic heterocycles. The highest BCUT2D eigenvalue weighted by molar-refractivity contribution is 5.96. The predicted octanol–water partition coefficient (Wildman–Crippen LogP) is 3.02. The SMILES string of the molecule is Cc1cc(C(=O)NC2CCCNC2C)c(C)n1Cc1ccccc1. The largest absolute Gasteiger partial charge is 0.348 e. The lowest BCUT2D eigenvalue weighted by Gasteiger charge is -2.30. The molecule has 2 heterocycles. The van der Waals surface area contributed by atoms with Crippen LogP contribution < -0.4 is 10.6 Å². The Hall–Kier alpha value is -2.07. The van der Waals surface area contributed by atoms with Gasteiger partial charge in [-0.25, -0.2) is 0 Å². The van der Waals surface area contributed by atoms with Crippen molar-refractivity contribution in [3.05, 3.63) is 58.9 Å². The Morgan fingerprint density at radius 1 is 1.29 bits per heavy atom. The van der Waals surface area contributed by atoms with Crippen LogP contribution in [0.3, 0.4) is 0 Å². The van der Waals surface area contributed by atoms with Gasteiger partial charge < -0.3 is 15.2 Å². The number of nitrogens with one attached hydrogen (secondary N) is 2. The molecule has 1 amide bonds. The highest BCUT2D eigenvalue weighted by Gasteiger charge is 2.24. The van der Waals surface area contributed by atoms with Crippen molar-refractivity contribution in [3.63, 3.8) is 0 Å². The zero-order valence-electron chi connectivity index (χ0n) is 14.8. The fraction of sp³-hybridized carbons (Fsp3) is 0.450. The van der Waals surface area contributed by atoms with E-state index in [4.69, 9.17) is 0 Å². The lowest BCUT2D eigenvalue weighted by molar-refractivity contribution is 0.0919. The predicted molar refractivity (Wildman–Crippen MR) is 97.4 cm³/mol. The van der Waals surface area contributed by atoms with Crippen LogP contribution in [0.15, 0.2) is 36.4 Å². The van der Waals surface area contributed by atoms with Gasteiger partial charge in [-0.3, -0.25) is 4.79 Å². The molecule has 2 unspecified atom stereocenters. The first kappa shape index (κ1) is 16.8. The topological polar surface area (TPSA) is 46.1 Å². The molecule has 1 aromatic carbocycles. The maximum absolute atomic E-state index is 12.7. The molecule has 2 N–H and O–H groups in total. The van der Waals surface area contributed by atoms with Crippen molar-refractivity contribution in [2.24, 2.45) is 0 Å². The molecule has 0 saturated carbocycles. The van der Waals surface area contributed by atoms with Gasteiger partial charge >= 0.3 is 0 Å². The Bertz CT molecular complexity index is 705. The van der Waals surface area contributed by atoms with Gasteiger partial charge in [0.05, 0.1) is 5.56 Å². The van der Waals surface area contributed by atoms with E-state index >= 15 is 0 Å². The molecule has 2 atom stereocenters. The Balaban J connectivity index is 1.76. The number of benzene rings is 1. The highest BCUT2D eigenvalue weighted by atomic mass is 16.1. The zero-order valence-corrected chi connectivity index (χ0v) is 14.8. The molecular formula is C20H27N3O. The van der Waals surface area contributed by atoms with Crippen LogP contribution in [-0.4, -0.2) is 29.1 Å². The molecule has 0 aliphatic carbocycles. The first-order valence-electron chi connectivity index (χ1n) is 8.81. The van der Waals surface area contributed by atoms with Crippen molar-refractivity contribution in [1.82, 2.24) is 15.2 Å². The van der Waals surface area contributed by atoms with Crippen molar-refractivity contribution in [2.75, 3.05) is 6.54 Å². The summed E-state index contributed by atoms with van der Waals surface area (Å²) in [5.41, 5.74) is 4.19. The van der Waals surface area contributed by atoms with E-state index in [1.54, 1.807) is 0 Å². The minimum atomic E-state index is 0.0444. The van der Waals surface area contributed by atoms with Crippen molar-refractivity contribution in [3.8, 4) is 0 Å². The number of aromatic nitrogens is 1. The molecule has 128 valence electrons. The van der Waals surface area contributed by atoms with E-state index in [0.29, 0.717) is 6.04 Å². The molecule has 4 heteroatoms. The molecule has 1 fully saturated rings. The van der Waals surface area contributed by atoms with Gasteiger partial charge in [0.1, 0.15) is 0 Å². The Labute approximate surface area is 144 Å². The van der Waals surface area contributed by atoms with Gasteiger partial charge in [-0.05, 0) is 51.8 Å². The second-order valence-corrected chi connectivity index (χ2v) is 6.82. The fourth-order valence-corrected chi connectivity index (χ4v) is 3.53. The maximum Gasteiger partial charge on any atom is 0.253 e. The van der Waals surface area contributed by atoms with Crippen molar-refractivity contribution < 1.29 is 4.79 Å². The summed E-state index contributed by atoms with van der Waals surface area (Å²) in [6, 6.07) is 12.9. The van der Waals surface area contributed by atoms with Gasteiger partial charge in [0.2, 0.25) is 0 Å². The molecule has 2 aromatic rings. The lowest BCUT2D eigenvalue weighted by atomic mass is 9.99. The summed E-state index contributed by atoms with van der Waals surface area (Å²) in [6.45, 7) is 8.08. The van der Waals surface area contributed by atoms with Crippen LogP contribution in [0.4, 0.5) is 0 Å². The number of carbonyl (C=O) groups excluding carboxylic acids is 1. The van der Waals surface area contributed by atoms with Crippen LogP contribution in [0.2, 0.25) is 0 Å². The zero-order chi connectivity index (χ0) is 17.1. The van der Waals surface area contributed by atoms with E-state index in [1.165, 1.54) is 5.56 Å². The first-order chi connectivity index (χ1) is 11.6. The second-order valence-electron chi connectivity index (χ2n) is 6.82. The van der Waals surface area contributed by atoms with Crippen LogP contribution in [0.5, 0.6) is 0 Å². The maximum atomic E-state index is 12.7. The van der Waals surface area contributed by atoms with Gasteiger partial charge in [0.25, 0.3) is 5.91 Å². The van der Waals surface area contributed by atoms with Crippen molar-refractivity contribution >= 4 is 5.91 Å². The third kappa shape index (κ3) is 3.54. The minimum Gasteiger partial charge on any atom is -0.348 e. The molecule has 1 saturated heterocycles. The van der Waals surface area contributed by atoms with Crippen LogP contribution in [-0.2, 0) is 6.54 Å². The van der Waals surface area contributed by atoms with Crippen LogP contribution >= 0.6 is 0 Å². The number of hydrogen-bond donors (Lipinski definition) is 2. The number of amides is 1. The summed E-state index contributed by atoms with van der Waals surface area (Å²) in [6.07, 6.45) is 2.16. The van der Waals surface area contributed by atoms with Gasteiger partial charge in [0, 0.05) is 30.0 Å². The van der Waals surface area contributed by atoms with E-state index in [2.05, 4.69) is 53.3 Å². The Kier molecular flexibility index (Phi) is 5.05. The van der Waals surface area contributed by atoms with E-state index in [9.17, 15) is 4.79 Å². The summed E-state index contributed by atoms with van der Waals surface area (Å²) in [5, 5.41) is 6.65. The third-order valence-electron chi connectivity index (χ3n) is 5.08. The molecule has 0 spiro atoms. The quantitative estimate of drug-likeness (QED) is 0.908. The average Bonchev–Trinajstić information content (AvgIpc) is 2.86. The number of rotatable bonds is 4. The standard InChI is InChI=1S/C20H27N3O/c1-14-12-18(20(24)22-19-10-7-11-21-15(19)2)16(3)23(14)13-17-8-5-4-6-9-17/h4-6,8-9,12,15,19,21H,7,10-11,13H2,1-3H3,(H,22,24). The number of aryl methyl sites for hydroxylation is 1. The van der Waals surface area contributed by atoms with Crippen molar-refractivity contribution in [1.29, 1.82) is 0 Å². The summed E-state index contributed by atoms with van der Waals surface area (Å²) in [5.74, 6) is 0.0444. The van der Waals surface area contributed by atoms with E-state index in [1.807, 2.05) is 19.1 Å². The third-order valence-corrected chi connectivity index (χ3v) is 5.08. The van der Waals surface area contributed by atoms with Crippen molar-refractivity contribution in [2.45, 2.75) is 52.2 Å². The summed E-state index contributed by atoms with van der Waals surface area (Å²) in [4.78, 5) is 12.7. The van der Waals surface area contributed by atoms with Gasteiger partial charge in [-0.1, -0.05) is 30.3 Å². The fourth-order valence-electron chi connectivity index (χ4n) is 3.53. The molecular weight excluding hydrogens is 298 g/mol. The summed E-state index contributed by atoms with van der Waals surface area (Å²) in [7, 11) is 0. The molecule has 4 nitrogen and oxygen atoms in total. The molecule has 3 rings (SSSR count). The number of carbonyl (C=O) groups is 1. The normalized spacial score (nSPS) is 20.8. The first-order valence-corrected chi connectivity index (χ1v) is 8.81. The van der Waals surface area contributed by atoms with E-state index in [-0.39, 0.29) is 11.9 Å². The Morgan fingerprint density at radius 2 is 2.04 bits per heavy atom. The lowest BCUT2D eigenvalue weighted by Crippen LogP contribution is -2.51. The molecule has 0 bridgehead atoms. The summed E-state index contributed by atoms with van der Waals surface area (Å²) >= 11 is 0. The molecule has 1 aliphatic rings. The monoisotopic (exact) mass is 325 g/mol. The van der Waals surface area contributed by atoms with Crippen LogP contribution in [0.25, 0.3) is 0 Å². The van der Waals surface area contributed by atoms with Gasteiger partial charge in [0.15, 0.2) is 0 Å². The highest BCUT2D eigenvalue weighted by Crippen LogP contribution is 2.18. The molecule has 1 aromatic heterocycles. The number of hydrogen-bond acceptors (Lipinski definition) is 2. The smallest absolute Gasteiger partial charge is 0.253 e. The number of piperidine rings is 1. The van der Waals surface area contributed by atoms with Crippen LogP contribution in [0, 0.1) is 13.8 Å².